The molecule has 1 aliphatic rings. The van der Waals surface area contributed by atoms with Gasteiger partial charge in [-0.25, -0.2) is 4.39 Å². The van der Waals surface area contributed by atoms with Crippen molar-refractivity contribution in [1.29, 1.82) is 0 Å². The molecule has 0 bridgehead atoms. The number of likely N-dealkylation sites (N-methyl/N-ethyl adjacent to an activating group) is 1. The molecule has 1 fully saturated rings. The molecule has 21 heavy (non-hydrogen) atoms. The van der Waals surface area contributed by atoms with Gasteiger partial charge in [0.15, 0.2) is 0 Å². The second kappa shape index (κ2) is 6.70. The predicted molar refractivity (Wildman–Crippen MR) is 76.7 cm³/mol. The first-order chi connectivity index (χ1) is 9.86. The standard InChI is InChI=1S/C14H18ClFN2O3/c1-17(8-14(20)21)12-6-18(7-13(12)19)5-9-2-3-10(16)4-11(9)15/h2-4,12-13,19H,5-8H2,1H3,(H,20,21)/t12-,13+/m0/s1. The number of likely N-dealkylation sites (tertiary alicyclic amines) is 1. The smallest absolute Gasteiger partial charge is 0.317 e. The Kier molecular flexibility index (Phi) is 5.16. The quantitative estimate of drug-likeness (QED) is 0.850. The number of aliphatic hydroxyl groups is 1. The zero-order chi connectivity index (χ0) is 15.6. The number of carboxylic acid groups (broad SMARTS) is 1. The van der Waals surface area contributed by atoms with Gasteiger partial charge in [-0.05, 0) is 24.7 Å². The minimum atomic E-state index is -0.926. The fourth-order valence-corrected chi connectivity index (χ4v) is 2.86. The molecule has 0 unspecified atom stereocenters. The Bertz CT molecular complexity index is 529. The highest BCUT2D eigenvalue weighted by atomic mass is 35.5. The number of aliphatic carboxylic acids is 1. The molecule has 7 heteroatoms. The minimum absolute atomic E-state index is 0.118. The molecule has 0 aromatic heterocycles. The number of β-amino-alcohol motifs (C(OH)–C–C–N with tert-alkyl or cyclic N) is 1. The van der Waals surface area contributed by atoms with Crippen LogP contribution in [0.15, 0.2) is 18.2 Å². The van der Waals surface area contributed by atoms with Crippen molar-refractivity contribution >= 4 is 17.6 Å². The molecule has 116 valence electrons. The number of rotatable bonds is 5. The molecule has 0 saturated carbocycles. The maximum absolute atomic E-state index is 13.0. The summed E-state index contributed by atoms with van der Waals surface area (Å²) in [6.07, 6.45) is -0.617. The van der Waals surface area contributed by atoms with E-state index in [0.29, 0.717) is 24.7 Å². The molecule has 0 aliphatic carbocycles. The highest BCUT2D eigenvalue weighted by molar-refractivity contribution is 6.31. The normalized spacial score (nSPS) is 22.9. The molecule has 0 radical (unpaired) electrons. The van der Waals surface area contributed by atoms with E-state index < -0.39 is 12.1 Å². The number of hydrogen-bond donors (Lipinski definition) is 2. The first-order valence-electron chi connectivity index (χ1n) is 6.63. The van der Waals surface area contributed by atoms with E-state index >= 15 is 0 Å². The Morgan fingerprint density at radius 3 is 2.86 bits per heavy atom. The summed E-state index contributed by atoms with van der Waals surface area (Å²) in [7, 11) is 1.68. The van der Waals surface area contributed by atoms with Gasteiger partial charge in [-0.2, -0.15) is 0 Å². The van der Waals surface area contributed by atoms with Crippen LogP contribution in [0, 0.1) is 5.82 Å². The van der Waals surface area contributed by atoms with E-state index in [0.717, 1.165) is 5.56 Å². The summed E-state index contributed by atoms with van der Waals surface area (Å²) in [5.74, 6) is -1.31. The van der Waals surface area contributed by atoms with E-state index in [1.807, 2.05) is 4.90 Å². The molecule has 0 amide bonds. The van der Waals surface area contributed by atoms with E-state index in [4.69, 9.17) is 16.7 Å². The molecule has 1 aromatic carbocycles. The van der Waals surface area contributed by atoms with Crippen LogP contribution in [0.4, 0.5) is 4.39 Å². The second-order valence-electron chi connectivity index (χ2n) is 5.37. The number of halogens is 2. The lowest BCUT2D eigenvalue weighted by Gasteiger charge is -2.24. The van der Waals surface area contributed by atoms with Gasteiger partial charge in [-0.3, -0.25) is 14.6 Å². The van der Waals surface area contributed by atoms with Crippen LogP contribution in [0.5, 0.6) is 0 Å². The molecular formula is C14H18ClFN2O3. The van der Waals surface area contributed by atoms with Crippen LogP contribution in [0.25, 0.3) is 0 Å². The fourth-order valence-electron chi connectivity index (χ4n) is 2.63. The molecule has 1 heterocycles. The summed E-state index contributed by atoms with van der Waals surface area (Å²) < 4.78 is 13.0. The molecule has 1 saturated heterocycles. The van der Waals surface area contributed by atoms with Gasteiger partial charge >= 0.3 is 5.97 Å². The highest BCUT2D eigenvalue weighted by Gasteiger charge is 2.34. The Hall–Kier alpha value is -1.21. The Labute approximate surface area is 127 Å². The predicted octanol–water partition coefficient (Wildman–Crippen LogP) is 1.04. The van der Waals surface area contributed by atoms with Gasteiger partial charge in [0.1, 0.15) is 5.82 Å². The van der Waals surface area contributed by atoms with Gasteiger partial charge in [0.2, 0.25) is 0 Å². The van der Waals surface area contributed by atoms with Crippen LogP contribution in [-0.2, 0) is 11.3 Å². The number of nitrogens with zero attached hydrogens (tertiary/aromatic N) is 2. The topological polar surface area (TPSA) is 64.0 Å². The first kappa shape index (κ1) is 16.2. The number of carboxylic acids is 1. The van der Waals surface area contributed by atoms with Gasteiger partial charge in [-0.15, -0.1) is 0 Å². The van der Waals surface area contributed by atoms with Crippen LogP contribution < -0.4 is 0 Å². The summed E-state index contributed by atoms with van der Waals surface area (Å²) in [5, 5.41) is 19.2. The molecule has 1 aromatic rings. The van der Waals surface area contributed by atoms with Crippen LogP contribution >= 0.6 is 11.6 Å². The maximum atomic E-state index is 13.0. The number of hydrogen-bond acceptors (Lipinski definition) is 4. The van der Waals surface area contributed by atoms with Crippen molar-refractivity contribution in [3.8, 4) is 0 Å². The third-order valence-corrected chi connectivity index (χ3v) is 4.05. The van der Waals surface area contributed by atoms with Crippen LogP contribution in [0.3, 0.4) is 0 Å². The lowest BCUT2D eigenvalue weighted by molar-refractivity contribution is -0.138. The zero-order valence-electron chi connectivity index (χ0n) is 11.7. The largest absolute Gasteiger partial charge is 0.480 e. The SMILES string of the molecule is CN(CC(=O)O)[C@H]1CN(Cc2ccc(F)cc2Cl)C[C@H]1O. The average molecular weight is 317 g/mol. The van der Waals surface area contributed by atoms with E-state index in [2.05, 4.69) is 0 Å². The van der Waals surface area contributed by atoms with Crippen LogP contribution in [-0.4, -0.2) is 64.8 Å². The van der Waals surface area contributed by atoms with Gasteiger partial charge in [0, 0.05) is 30.7 Å². The maximum Gasteiger partial charge on any atom is 0.317 e. The summed E-state index contributed by atoms with van der Waals surface area (Å²) >= 11 is 5.99. The van der Waals surface area contributed by atoms with E-state index in [9.17, 15) is 14.3 Å². The number of carbonyl (C=O) groups is 1. The third-order valence-electron chi connectivity index (χ3n) is 3.69. The van der Waals surface area contributed by atoms with Crippen LogP contribution in [0.2, 0.25) is 5.02 Å². The first-order valence-corrected chi connectivity index (χ1v) is 7.01. The minimum Gasteiger partial charge on any atom is -0.480 e. The van der Waals surface area contributed by atoms with Gasteiger partial charge in [-0.1, -0.05) is 17.7 Å². The van der Waals surface area contributed by atoms with E-state index in [-0.39, 0.29) is 18.4 Å². The molecule has 1 aliphatic heterocycles. The molecule has 5 nitrogen and oxygen atoms in total. The van der Waals surface area contributed by atoms with Crippen LogP contribution in [0.1, 0.15) is 5.56 Å². The van der Waals surface area contributed by atoms with Crippen molar-refractivity contribution in [3.63, 3.8) is 0 Å². The molecule has 2 N–H and O–H groups in total. The summed E-state index contributed by atoms with van der Waals surface area (Å²) in [5.41, 5.74) is 0.784. The van der Waals surface area contributed by atoms with Gasteiger partial charge in [0.05, 0.1) is 12.6 Å². The lowest BCUT2D eigenvalue weighted by atomic mass is 10.2. The average Bonchev–Trinajstić information content (AvgIpc) is 2.73. The highest BCUT2D eigenvalue weighted by Crippen LogP contribution is 2.22. The molecular weight excluding hydrogens is 299 g/mol. The third kappa shape index (κ3) is 4.14. The number of benzene rings is 1. The lowest BCUT2D eigenvalue weighted by Crippen LogP contribution is -2.43. The van der Waals surface area contributed by atoms with Crippen molar-refractivity contribution in [2.24, 2.45) is 0 Å². The van der Waals surface area contributed by atoms with E-state index in [1.165, 1.54) is 12.1 Å². The Morgan fingerprint density at radius 2 is 2.24 bits per heavy atom. The monoisotopic (exact) mass is 316 g/mol. The Balaban J connectivity index is 1.99. The summed E-state index contributed by atoms with van der Waals surface area (Å²) in [6, 6.07) is 4.00. The fraction of sp³-hybridized carbons (Fsp3) is 0.500. The van der Waals surface area contributed by atoms with Gasteiger partial charge < -0.3 is 10.2 Å². The van der Waals surface area contributed by atoms with Crippen molar-refractivity contribution in [1.82, 2.24) is 9.80 Å². The van der Waals surface area contributed by atoms with Crippen molar-refractivity contribution < 1.29 is 19.4 Å². The summed E-state index contributed by atoms with van der Waals surface area (Å²) in [6.45, 7) is 1.35. The van der Waals surface area contributed by atoms with Gasteiger partial charge in [0.25, 0.3) is 0 Å². The van der Waals surface area contributed by atoms with Crippen molar-refractivity contribution in [3.05, 3.63) is 34.6 Å². The summed E-state index contributed by atoms with van der Waals surface area (Å²) in [4.78, 5) is 14.3. The Morgan fingerprint density at radius 1 is 1.52 bits per heavy atom. The molecule has 2 rings (SSSR count). The van der Waals surface area contributed by atoms with Crippen molar-refractivity contribution in [2.75, 3.05) is 26.7 Å². The van der Waals surface area contributed by atoms with Crippen molar-refractivity contribution in [2.45, 2.75) is 18.7 Å². The number of aliphatic hydroxyl groups excluding tert-OH is 1. The second-order valence-corrected chi connectivity index (χ2v) is 5.78. The zero-order valence-corrected chi connectivity index (χ0v) is 12.4. The molecule has 0 spiro atoms. The van der Waals surface area contributed by atoms with E-state index in [1.54, 1.807) is 18.0 Å². The molecule has 2 atom stereocenters.